The fraction of sp³-hybridized carbons (Fsp3) is 0.140. The number of hydrogen-bond acceptors (Lipinski definition) is 8. The van der Waals surface area contributed by atoms with E-state index in [1.807, 2.05) is 54.6 Å². The second-order valence-corrected chi connectivity index (χ2v) is 13.7. The average molecular weight is 768 g/mol. The molecular formula is C43H37N5O7S. The van der Waals surface area contributed by atoms with Crippen LogP contribution in [-0.4, -0.2) is 38.1 Å². The first kappa shape index (κ1) is 38.8. The first-order chi connectivity index (χ1) is 27.2. The summed E-state index contributed by atoms with van der Waals surface area (Å²) in [6.07, 6.45) is 1.36. The number of aryl methyl sites for hydroxylation is 1. The van der Waals surface area contributed by atoms with Gasteiger partial charge in [-0.1, -0.05) is 84.9 Å². The summed E-state index contributed by atoms with van der Waals surface area (Å²) in [5.41, 5.74) is 2.99. The van der Waals surface area contributed by atoms with Gasteiger partial charge >= 0.3 is 0 Å². The van der Waals surface area contributed by atoms with Crippen LogP contribution in [0.5, 0.6) is 5.75 Å². The van der Waals surface area contributed by atoms with Crippen LogP contribution in [0, 0.1) is 21.4 Å². The summed E-state index contributed by atoms with van der Waals surface area (Å²) in [7, 11) is 0. The average Bonchev–Trinajstić information content (AvgIpc) is 3.22. The SMILES string of the molecule is N#Cc1ccc(COc2ccc(C[C@H](NC(=O)c3ccc4ccccc4c3)C(=O)N(c3ccc(NCCCc4ccccc4)c([N+](=O)[O-])c3)S(=O)O)cc2)cc1. The number of amides is 2. The highest BCUT2D eigenvalue weighted by atomic mass is 32.2. The Kier molecular flexibility index (Phi) is 12.8. The van der Waals surface area contributed by atoms with E-state index in [1.165, 1.54) is 12.1 Å². The molecule has 2 atom stereocenters. The predicted molar refractivity (Wildman–Crippen MR) is 215 cm³/mol. The summed E-state index contributed by atoms with van der Waals surface area (Å²) in [6.45, 7) is 0.672. The summed E-state index contributed by atoms with van der Waals surface area (Å²) in [4.78, 5) is 39.5. The molecule has 1 unspecified atom stereocenters. The normalized spacial score (nSPS) is 11.9. The van der Waals surface area contributed by atoms with Crippen molar-refractivity contribution >= 4 is 50.9 Å². The number of fused-ring (bicyclic) bond motifs is 1. The zero-order valence-electron chi connectivity index (χ0n) is 30.0. The van der Waals surface area contributed by atoms with Gasteiger partial charge in [0.05, 0.1) is 22.2 Å². The Hall–Kier alpha value is -6.88. The maximum atomic E-state index is 14.3. The smallest absolute Gasteiger partial charge is 0.294 e. The van der Waals surface area contributed by atoms with Crippen molar-refractivity contribution in [1.82, 2.24) is 5.32 Å². The Labute approximate surface area is 325 Å². The number of hydrogen-bond donors (Lipinski definition) is 3. The van der Waals surface area contributed by atoms with Crippen LogP contribution in [0.15, 0.2) is 140 Å². The highest BCUT2D eigenvalue weighted by Gasteiger charge is 2.32. The lowest BCUT2D eigenvalue weighted by atomic mass is 10.0. The molecule has 0 aliphatic rings. The van der Waals surface area contributed by atoms with E-state index in [2.05, 4.69) is 16.7 Å². The number of rotatable bonds is 16. The molecule has 2 amide bonds. The Balaban J connectivity index is 1.23. The van der Waals surface area contributed by atoms with Gasteiger partial charge in [-0.25, -0.2) is 8.51 Å². The Morgan fingerprint density at radius 1 is 0.839 bits per heavy atom. The molecule has 6 aromatic rings. The van der Waals surface area contributed by atoms with E-state index in [0.29, 0.717) is 34.1 Å². The molecule has 0 heterocycles. The van der Waals surface area contributed by atoms with Crippen LogP contribution < -0.4 is 19.7 Å². The third kappa shape index (κ3) is 10.00. The van der Waals surface area contributed by atoms with E-state index < -0.39 is 34.0 Å². The molecule has 0 saturated carbocycles. The zero-order chi connectivity index (χ0) is 39.4. The van der Waals surface area contributed by atoms with Gasteiger partial charge in [0, 0.05) is 24.6 Å². The van der Waals surface area contributed by atoms with Crippen LogP contribution in [0.3, 0.4) is 0 Å². The van der Waals surface area contributed by atoms with Gasteiger partial charge in [-0.05, 0) is 88.8 Å². The van der Waals surface area contributed by atoms with Crippen LogP contribution in [0.25, 0.3) is 10.8 Å². The molecule has 282 valence electrons. The molecule has 0 aromatic heterocycles. The van der Waals surface area contributed by atoms with Crippen LogP contribution >= 0.6 is 0 Å². The Bertz CT molecular complexity index is 2400. The fourth-order valence-corrected chi connectivity index (χ4v) is 6.69. The van der Waals surface area contributed by atoms with Crippen LogP contribution in [0.1, 0.15) is 39.0 Å². The van der Waals surface area contributed by atoms with Gasteiger partial charge < -0.3 is 15.4 Å². The molecule has 0 fully saturated rings. The van der Waals surface area contributed by atoms with Crippen molar-refractivity contribution in [2.75, 3.05) is 16.2 Å². The van der Waals surface area contributed by atoms with Crippen molar-refractivity contribution in [2.24, 2.45) is 0 Å². The zero-order valence-corrected chi connectivity index (χ0v) is 30.9. The monoisotopic (exact) mass is 767 g/mol. The lowest BCUT2D eigenvalue weighted by molar-refractivity contribution is -0.383. The van der Waals surface area contributed by atoms with E-state index in [-0.39, 0.29) is 35.7 Å². The van der Waals surface area contributed by atoms with Gasteiger partial charge in [0.15, 0.2) is 0 Å². The van der Waals surface area contributed by atoms with Crippen molar-refractivity contribution < 1.29 is 28.0 Å². The third-order valence-electron chi connectivity index (χ3n) is 9.04. The maximum Gasteiger partial charge on any atom is 0.294 e. The Morgan fingerprint density at radius 2 is 1.54 bits per heavy atom. The number of nitriles is 1. The minimum Gasteiger partial charge on any atom is -0.489 e. The molecule has 13 heteroatoms. The van der Waals surface area contributed by atoms with Gasteiger partial charge in [-0.15, -0.1) is 0 Å². The van der Waals surface area contributed by atoms with E-state index in [0.717, 1.165) is 34.4 Å². The highest BCUT2D eigenvalue weighted by Crippen LogP contribution is 2.31. The number of carbonyl (C=O) groups excluding carboxylic acids is 2. The van der Waals surface area contributed by atoms with Gasteiger partial charge in [0.25, 0.3) is 28.8 Å². The van der Waals surface area contributed by atoms with Crippen molar-refractivity contribution in [3.8, 4) is 11.8 Å². The topological polar surface area (TPSA) is 175 Å². The number of nitro groups is 1. The third-order valence-corrected chi connectivity index (χ3v) is 9.74. The molecule has 12 nitrogen and oxygen atoms in total. The largest absolute Gasteiger partial charge is 0.489 e. The summed E-state index contributed by atoms with van der Waals surface area (Å²) in [6, 6.07) is 40.7. The molecule has 56 heavy (non-hydrogen) atoms. The summed E-state index contributed by atoms with van der Waals surface area (Å²) >= 11 is -2.97. The van der Waals surface area contributed by atoms with Crippen molar-refractivity contribution in [1.29, 1.82) is 5.26 Å². The molecule has 0 bridgehead atoms. The molecule has 6 aromatic carbocycles. The first-order valence-electron chi connectivity index (χ1n) is 17.7. The molecular weight excluding hydrogens is 731 g/mol. The number of carbonyl (C=O) groups is 2. The van der Waals surface area contributed by atoms with Crippen LogP contribution in [0.2, 0.25) is 0 Å². The van der Waals surface area contributed by atoms with E-state index in [9.17, 15) is 28.5 Å². The molecule has 0 spiro atoms. The lowest BCUT2D eigenvalue weighted by Gasteiger charge is -2.25. The number of anilines is 2. The number of nitrogens with one attached hydrogen (secondary N) is 2. The summed E-state index contributed by atoms with van der Waals surface area (Å²) < 4.78 is 29.8. The maximum absolute atomic E-state index is 14.3. The minimum atomic E-state index is -2.97. The summed E-state index contributed by atoms with van der Waals surface area (Å²) in [5.74, 6) is -1.03. The van der Waals surface area contributed by atoms with E-state index >= 15 is 0 Å². The minimum absolute atomic E-state index is 0.0924. The van der Waals surface area contributed by atoms with Gasteiger partial charge in [-0.3, -0.25) is 24.3 Å². The second kappa shape index (κ2) is 18.4. The molecule has 0 aliphatic carbocycles. The van der Waals surface area contributed by atoms with Gasteiger partial charge in [0.1, 0.15) is 24.1 Å². The molecule has 3 N–H and O–H groups in total. The van der Waals surface area contributed by atoms with Crippen LogP contribution in [0.4, 0.5) is 17.1 Å². The van der Waals surface area contributed by atoms with E-state index in [1.54, 1.807) is 66.7 Å². The highest BCUT2D eigenvalue weighted by molar-refractivity contribution is 7.81. The second-order valence-electron chi connectivity index (χ2n) is 12.9. The molecule has 0 saturated heterocycles. The lowest BCUT2D eigenvalue weighted by Crippen LogP contribution is -2.50. The van der Waals surface area contributed by atoms with Crippen LogP contribution in [-0.2, 0) is 35.5 Å². The van der Waals surface area contributed by atoms with Gasteiger partial charge in [-0.2, -0.15) is 5.26 Å². The molecule has 0 radical (unpaired) electrons. The number of ether oxygens (including phenoxy) is 1. The number of nitro benzene ring substituents is 1. The first-order valence-corrected chi connectivity index (χ1v) is 18.8. The predicted octanol–water partition coefficient (Wildman–Crippen LogP) is 7.75. The molecule has 0 aliphatic heterocycles. The fourth-order valence-electron chi connectivity index (χ4n) is 6.11. The summed E-state index contributed by atoms with van der Waals surface area (Å²) in [5, 5.41) is 28.8. The number of nitrogens with zero attached hydrogens (tertiary/aromatic N) is 3. The quantitative estimate of drug-likeness (QED) is 0.0385. The number of benzene rings is 6. The van der Waals surface area contributed by atoms with Crippen molar-refractivity contribution in [3.63, 3.8) is 0 Å². The van der Waals surface area contributed by atoms with E-state index in [4.69, 9.17) is 10.00 Å². The standard InChI is InChI=1S/C43H37N5O7S/c44-28-32-12-14-33(15-13-32)29-55-38-21-16-31(17-22-38)25-40(46-42(49)36-19-18-34-10-4-5-11-35(34)26-36)43(50)47(56(53)54)37-20-23-39(41(27-37)48(51)52)45-24-6-9-30-7-2-1-3-8-30/h1-5,7-8,10-23,26-27,40,45H,6,9,24-25,29H2,(H,46,49)(H,53,54)/t40-/m0/s1. The van der Waals surface area contributed by atoms with Gasteiger partial charge in [0.2, 0.25) is 0 Å². The Morgan fingerprint density at radius 3 is 2.23 bits per heavy atom. The molecule has 6 rings (SSSR count). The van der Waals surface area contributed by atoms with Crippen molar-refractivity contribution in [3.05, 3.63) is 177 Å². The van der Waals surface area contributed by atoms with Crippen molar-refractivity contribution in [2.45, 2.75) is 31.9 Å².